The molecule has 4 nitrogen and oxygen atoms in total. The maximum absolute atomic E-state index is 13.0. The lowest BCUT2D eigenvalue weighted by molar-refractivity contribution is 0.0633. The van der Waals surface area contributed by atoms with Crippen LogP contribution in [0.25, 0.3) is 10.2 Å². The van der Waals surface area contributed by atoms with Crippen molar-refractivity contribution in [3.63, 3.8) is 0 Å². The van der Waals surface area contributed by atoms with Gasteiger partial charge in [0.1, 0.15) is 5.01 Å². The molecule has 5 rings (SSSR count). The molecule has 0 spiro atoms. The number of nitrogens with zero attached hydrogens (tertiary/aromatic N) is 3. The molecule has 1 aliphatic heterocycles. The van der Waals surface area contributed by atoms with Crippen molar-refractivity contribution in [2.45, 2.75) is 38.6 Å². The van der Waals surface area contributed by atoms with Gasteiger partial charge in [-0.25, -0.2) is 4.98 Å². The molecule has 3 heterocycles. The summed E-state index contributed by atoms with van der Waals surface area (Å²) in [5.74, 6) is 0.234. The van der Waals surface area contributed by atoms with Crippen LogP contribution in [-0.2, 0) is 19.4 Å². The second-order valence-corrected chi connectivity index (χ2v) is 10.0. The molecule has 1 amide bonds. The van der Waals surface area contributed by atoms with Gasteiger partial charge in [0.15, 0.2) is 0 Å². The smallest absolute Gasteiger partial charge is 0.264 e. The van der Waals surface area contributed by atoms with Crippen LogP contribution in [0.4, 0.5) is 0 Å². The number of carbonyl (C=O) groups excluding carboxylic acids is 1. The third kappa shape index (κ3) is 3.73. The quantitative estimate of drug-likeness (QED) is 0.592. The van der Waals surface area contributed by atoms with Gasteiger partial charge in [0.25, 0.3) is 5.91 Å². The van der Waals surface area contributed by atoms with Crippen LogP contribution in [0.5, 0.6) is 0 Å². The van der Waals surface area contributed by atoms with Gasteiger partial charge in [-0.05, 0) is 49.4 Å². The number of fused-ring (bicyclic) bond motifs is 2. The molecular formula is C22H25N3OS2. The minimum absolute atomic E-state index is 0.234. The van der Waals surface area contributed by atoms with Crippen LogP contribution >= 0.6 is 22.7 Å². The van der Waals surface area contributed by atoms with E-state index in [1.165, 1.54) is 39.4 Å². The van der Waals surface area contributed by atoms with E-state index >= 15 is 0 Å². The van der Waals surface area contributed by atoms with Crippen molar-refractivity contribution >= 4 is 38.8 Å². The molecule has 1 aliphatic carbocycles. The van der Waals surface area contributed by atoms with Crippen molar-refractivity contribution in [1.82, 2.24) is 14.8 Å². The Morgan fingerprint density at radius 3 is 2.68 bits per heavy atom. The number of amides is 1. The number of rotatable bonds is 3. The average Bonchev–Trinajstić information content (AvgIpc) is 3.25. The second-order valence-electron chi connectivity index (χ2n) is 7.76. The number of para-hydroxylation sites is 1. The molecule has 0 bridgehead atoms. The van der Waals surface area contributed by atoms with E-state index in [-0.39, 0.29) is 5.91 Å². The number of thiophene rings is 1. The summed E-state index contributed by atoms with van der Waals surface area (Å²) in [7, 11) is 0. The molecule has 0 N–H and O–H groups in total. The molecular weight excluding hydrogens is 386 g/mol. The van der Waals surface area contributed by atoms with Gasteiger partial charge in [-0.1, -0.05) is 18.6 Å². The highest BCUT2D eigenvalue weighted by Gasteiger charge is 2.25. The molecule has 6 heteroatoms. The first kappa shape index (κ1) is 18.3. The predicted octanol–water partition coefficient (Wildman–Crippen LogP) is 4.58. The lowest BCUT2D eigenvalue weighted by Gasteiger charge is -2.34. The van der Waals surface area contributed by atoms with E-state index in [9.17, 15) is 4.79 Å². The summed E-state index contributed by atoms with van der Waals surface area (Å²) in [6.07, 6.45) is 6.16. The third-order valence-electron chi connectivity index (χ3n) is 5.81. The van der Waals surface area contributed by atoms with Crippen LogP contribution in [0.3, 0.4) is 0 Å². The molecule has 0 atom stereocenters. The van der Waals surface area contributed by atoms with Crippen molar-refractivity contribution in [3.05, 3.63) is 50.7 Å². The maximum Gasteiger partial charge on any atom is 0.264 e. The molecule has 1 aromatic carbocycles. The van der Waals surface area contributed by atoms with Crippen LogP contribution in [-0.4, -0.2) is 46.9 Å². The number of aryl methyl sites for hydroxylation is 2. The molecule has 28 heavy (non-hydrogen) atoms. The van der Waals surface area contributed by atoms with Gasteiger partial charge in [0, 0.05) is 31.1 Å². The fraction of sp³-hybridized carbons (Fsp3) is 0.455. The average molecular weight is 412 g/mol. The molecule has 0 unspecified atom stereocenters. The lowest BCUT2D eigenvalue weighted by atomic mass is 10.1. The third-order valence-corrected chi connectivity index (χ3v) is 8.06. The summed E-state index contributed by atoms with van der Waals surface area (Å²) >= 11 is 3.52. The first-order chi connectivity index (χ1) is 13.8. The zero-order valence-corrected chi connectivity index (χ0v) is 17.7. The Labute approximate surface area is 173 Å². The van der Waals surface area contributed by atoms with E-state index in [2.05, 4.69) is 29.2 Å². The van der Waals surface area contributed by atoms with Gasteiger partial charge in [0.05, 0.1) is 21.6 Å². The normalized spacial score (nSPS) is 18.2. The molecule has 0 radical (unpaired) electrons. The van der Waals surface area contributed by atoms with Crippen LogP contribution < -0.4 is 0 Å². The van der Waals surface area contributed by atoms with Crippen molar-refractivity contribution in [2.24, 2.45) is 0 Å². The Morgan fingerprint density at radius 2 is 1.82 bits per heavy atom. The van der Waals surface area contributed by atoms with Crippen LogP contribution in [0.15, 0.2) is 30.3 Å². The SMILES string of the molecule is O=C(c1cc2c(s1)CCCCC2)N1CCN(Cc2nc3ccccc3s2)CC1. The molecule has 1 fully saturated rings. The minimum atomic E-state index is 0.234. The fourth-order valence-corrected chi connectivity index (χ4v) is 6.45. The molecule has 1 saturated heterocycles. The Bertz CT molecular complexity index is 928. The number of benzene rings is 1. The predicted molar refractivity (Wildman–Crippen MR) is 116 cm³/mol. The van der Waals surface area contributed by atoms with Crippen LogP contribution in [0.2, 0.25) is 0 Å². The highest BCUT2D eigenvalue weighted by atomic mass is 32.1. The Kier molecular flexibility index (Phi) is 5.18. The van der Waals surface area contributed by atoms with E-state index in [0.29, 0.717) is 0 Å². The van der Waals surface area contributed by atoms with E-state index in [1.807, 2.05) is 11.0 Å². The maximum atomic E-state index is 13.0. The first-order valence-electron chi connectivity index (χ1n) is 10.2. The summed E-state index contributed by atoms with van der Waals surface area (Å²) in [4.78, 5) is 24.6. The van der Waals surface area contributed by atoms with Gasteiger partial charge in [-0.2, -0.15) is 0 Å². The molecule has 2 aromatic heterocycles. The van der Waals surface area contributed by atoms with E-state index in [4.69, 9.17) is 4.98 Å². The summed E-state index contributed by atoms with van der Waals surface area (Å²) in [5, 5.41) is 1.17. The molecule has 3 aromatic rings. The number of piperazine rings is 1. The second kappa shape index (κ2) is 7.93. The minimum Gasteiger partial charge on any atom is -0.335 e. The van der Waals surface area contributed by atoms with Crippen LogP contribution in [0, 0.1) is 0 Å². The summed E-state index contributed by atoms with van der Waals surface area (Å²) in [5.41, 5.74) is 2.52. The zero-order chi connectivity index (χ0) is 18.9. The lowest BCUT2D eigenvalue weighted by Crippen LogP contribution is -2.48. The van der Waals surface area contributed by atoms with E-state index < -0.39 is 0 Å². The Morgan fingerprint density at radius 1 is 1.00 bits per heavy atom. The van der Waals surface area contributed by atoms with Crippen molar-refractivity contribution in [3.8, 4) is 0 Å². The largest absolute Gasteiger partial charge is 0.335 e. The van der Waals surface area contributed by atoms with Gasteiger partial charge in [0.2, 0.25) is 0 Å². The fourth-order valence-electron chi connectivity index (χ4n) is 4.22. The monoisotopic (exact) mass is 411 g/mol. The van der Waals surface area contributed by atoms with Gasteiger partial charge in [-0.3, -0.25) is 9.69 Å². The Balaban J connectivity index is 1.20. The molecule has 2 aliphatic rings. The van der Waals surface area contributed by atoms with Crippen LogP contribution in [0.1, 0.15) is 44.4 Å². The number of thiazole rings is 1. The summed E-state index contributed by atoms with van der Waals surface area (Å²) < 4.78 is 1.25. The van der Waals surface area contributed by atoms with Gasteiger partial charge in [-0.15, -0.1) is 22.7 Å². The topological polar surface area (TPSA) is 36.4 Å². The number of aromatic nitrogens is 1. The van der Waals surface area contributed by atoms with Crippen molar-refractivity contribution in [2.75, 3.05) is 26.2 Å². The standard InChI is InChI=1S/C22H25N3OS2/c26-22(20-14-16-6-2-1-3-8-18(16)27-20)25-12-10-24(11-13-25)15-21-23-17-7-4-5-9-19(17)28-21/h4-5,7,9,14H,1-3,6,8,10-13,15H2. The van der Waals surface area contributed by atoms with Crippen molar-refractivity contribution < 1.29 is 4.79 Å². The summed E-state index contributed by atoms with van der Waals surface area (Å²) in [6, 6.07) is 10.5. The van der Waals surface area contributed by atoms with Gasteiger partial charge < -0.3 is 4.90 Å². The highest BCUT2D eigenvalue weighted by Crippen LogP contribution is 2.30. The van der Waals surface area contributed by atoms with E-state index in [1.54, 1.807) is 22.7 Å². The number of hydrogen-bond acceptors (Lipinski definition) is 5. The number of carbonyl (C=O) groups is 1. The van der Waals surface area contributed by atoms with Gasteiger partial charge >= 0.3 is 0 Å². The number of hydrogen-bond donors (Lipinski definition) is 0. The summed E-state index contributed by atoms with van der Waals surface area (Å²) in [6.45, 7) is 4.35. The highest BCUT2D eigenvalue weighted by molar-refractivity contribution is 7.18. The van der Waals surface area contributed by atoms with E-state index in [0.717, 1.165) is 56.0 Å². The molecule has 0 saturated carbocycles. The van der Waals surface area contributed by atoms with Crippen molar-refractivity contribution in [1.29, 1.82) is 0 Å². The first-order valence-corrected chi connectivity index (χ1v) is 11.9. The zero-order valence-electron chi connectivity index (χ0n) is 16.0. The molecule has 146 valence electrons. The Hall–Kier alpha value is -1.76.